The van der Waals surface area contributed by atoms with Gasteiger partial charge in [-0.1, -0.05) is 0 Å². The first kappa shape index (κ1) is 18.7. The van der Waals surface area contributed by atoms with Crippen LogP contribution in [0.25, 0.3) is 0 Å². The van der Waals surface area contributed by atoms with Gasteiger partial charge in [0.25, 0.3) is 0 Å². The molecule has 0 heterocycles. The van der Waals surface area contributed by atoms with Crippen LogP contribution in [0.3, 0.4) is 0 Å². The first-order valence-electron chi connectivity index (χ1n) is 7.67. The Morgan fingerprint density at radius 1 is 1.23 bits per heavy atom. The number of carbonyl (C=O) groups is 2. The maximum atomic E-state index is 12.0. The predicted octanol–water partition coefficient (Wildman–Crippen LogP) is 0.947. The summed E-state index contributed by atoms with van der Waals surface area (Å²) in [5, 5.41) is 15.4. The lowest BCUT2D eigenvalue weighted by Gasteiger charge is -2.37. The summed E-state index contributed by atoms with van der Waals surface area (Å²) in [5.41, 5.74) is -1.31. The van der Waals surface area contributed by atoms with E-state index in [4.69, 9.17) is 9.47 Å². The van der Waals surface area contributed by atoms with Gasteiger partial charge < -0.3 is 25.2 Å². The number of aliphatic hydroxyl groups is 1. The molecule has 3 N–H and O–H groups in total. The second-order valence-electron chi connectivity index (χ2n) is 6.66. The number of nitrogens with one attached hydrogen (secondary N) is 2. The minimum Gasteiger partial charge on any atom is -0.468 e. The second kappa shape index (κ2) is 7.78. The van der Waals surface area contributed by atoms with Gasteiger partial charge in [0.15, 0.2) is 0 Å². The van der Waals surface area contributed by atoms with Crippen LogP contribution in [0.4, 0.5) is 4.79 Å². The van der Waals surface area contributed by atoms with E-state index in [1.165, 1.54) is 7.11 Å². The van der Waals surface area contributed by atoms with E-state index < -0.39 is 17.2 Å². The zero-order chi connectivity index (χ0) is 16.8. The summed E-state index contributed by atoms with van der Waals surface area (Å²) in [7, 11) is 1.36. The smallest absolute Gasteiger partial charge is 0.407 e. The van der Waals surface area contributed by atoms with Gasteiger partial charge in [0.2, 0.25) is 0 Å². The number of carbonyl (C=O) groups excluding carboxylic acids is 2. The summed E-state index contributed by atoms with van der Waals surface area (Å²) >= 11 is 0. The van der Waals surface area contributed by atoms with Crippen molar-refractivity contribution in [3.63, 3.8) is 0 Å². The summed E-state index contributed by atoms with van der Waals surface area (Å²) in [6, 6.07) is 0. The van der Waals surface area contributed by atoms with Crippen LogP contribution in [0.5, 0.6) is 0 Å². The zero-order valence-corrected chi connectivity index (χ0v) is 13.9. The number of rotatable bonds is 5. The topological polar surface area (TPSA) is 96.9 Å². The molecule has 22 heavy (non-hydrogen) atoms. The van der Waals surface area contributed by atoms with Gasteiger partial charge in [0, 0.05) is 13.1 Å². The van der Waals surface area contributed by atoms with E-state index in [0.29, 0.717) is 38.8 Å². The van der Waals surface area contributed by atoms with Crippen molar-refractivity contribution in [1.29, 1.82) is 0 Å². The lowest BCUT2D eigenvalue weighted by Crippen LogP contribution is -2.56. The monoisotopic (exact) mass is 316 g/mol. The highest BCUT2D eigenvalue weighted by atomic mass is 16.6. The van der Waals surface area contributed by atoms with Crippen molar-refractivity contribution in [1.82, 2.24) is 10.6 Å². The molecule has 1 rings (SSSR count). The molecule has 128 valence electrons. The third-order valence-corrected chi connectivity index (χ3v) is 3.64. The fourth-order valence-electron chi connectivity index (χ4n) is 2.52. The SMILES string of the molecule is COC(=O)[C@]1(NCCNC(=O)OC(C)(C)C)CC[C@@H](O)CC1. The van der Waals surface area contributed by atoms with Gasteiger partial charge in [0.05, 0.1) is 13.2 Å². The molecule has 0 bridgehead atoms. The van der Waals surface area contributed by atoms with Gasteiger partial charge in [-0.05, 0) is 46.5 Å². The second-order valence-corrected chi connectivity index (χ2v) is 6.66. The molecule has 1 fully saturated rings. The Labute approximate surface area is 131 Å². The molecule has 0 aliphatic heterocycles. The number of methoxy groups -OCH3 is 1. The number of ether oxygens (including phenoxy) is 2. The van der Waals surface area contributed by atoms with Gasteiger partial charge in [-0.25, -0.2) is 4.79 Å². The van der Waals surface area contributed by atoms with Crippen molar-refractivity contribution in [2.75, 3.05) is 20.2 Å². The van der Waals surface area contributed by atoms with E-state index in [0.717, 1.165) is 0 Å². The number of aliphatic hydroxyl groups excluding tert-OH is 1. The van der Waals surface area contributed by atoms with E-state index in [2.05, 4.69) is 10.6 Å². The van der Waals surface area contributed by atoms with Crippen LogP contribution in [0, 0.1) is 0 Å². The minimum absolute atomic E-state index is 0.323. The largest absolute Gasteiger partial charge is 0.468 e. The molecule has 0 spiro atoms. The number of hydrogen-bond acceptors (Lipinski definition) is 6. The number of hydrogen-bond donors (Lipinski definition) is 3. The Hall–Kier alpha value is -1.34. The Morgan fingerprint density at radius 3 is 2.32 bits per heavy atom. The first-order chi connectivity index (χ1) is 10.2. The Morgan fingerprint density at radius 2 is 1.82 bits per heavy atom. The maximum absolute atomic E-state index is 12.0. The van der Waals surface area contributed by atoms with Crippen molar-refractivity contribution >= 4 is 12.1 Å². The van der Waals surface area contributed by atoms with Crippen LogP contribution in [0.2, 0.25) is 0 Å². The van der Waals surface area contributed by atoms with Crippen LogP contribution in [0.1, 0.15) is 46.5 Å². The Balaban J connectivity index is 2.42. The molecule has 0 unspecified atom stereocenters. The average Bonchev–Trinajstić information content (AvgIpc) is 2.43. The Kier molecular flexibility index (Phi) is 6.62. The van der Waals surface area contributed by atoms with Crippen LogP contribution < -0.4 is 10.6 Å². The highest BCUT2D eigenvalue weighted by Gasteiger charge is 2.42. The van der Waals surface area contributed by atoms with Crippen LogP contribution in [0.15, 0.2) is 0 Å². The fraction of sp³-hybridized carbons (Fsp3) is 0.867. The molecule has 0 aromatic rings. The normalized spacial score (nSPS) is 25.4. The molecule has 1 aliphatic rings. The van der Waals surface area contributed by atoms with Crippen molar-refractivity contribution in [2.45, 2.75) is 63.7 Å². The summed E-state index contributed by atoms with van der Waals surface area (Å²) in [6.45, 7) is 6.15. The third kappa shape index (κ3) is 5.81. The van der Waals surface area contributed by atoms with E-state index in [-0.39, 0.29) is 12.1 Å². The van der Waals surface area contributed by atoms with Crippen molar-refractivity contribution in [3.8, 4) is 0 Å². The van der Waals surface area contributed by atoms with Crippen molar-refractivity contribution < 1.29 is 24.2 Å². The van der Waals surface area contributed by atoms with Gasteiger partial charge >= 0.3 is 12.1 Å². The van der Waals surface area contributed by atoms with Crippen LogP contribution >= 0.6 is 0 Å². The standard InChI is InChI=1S/C15H28N2O5/c1-14(2,3)22-13(20)16-9-10-17-15(12(19)21-4)7-5-11(18)6-8-15/h11,17-18H,5-10H2,1-4H3,(H,16,20)/t11-,15+. The van der Waals surface area contributed by atoms with Gasteiger partial charge in [-0.3, -0.25) is 4.79 Å². The lowest BCUT2D eigenvalue weighted by molar-refractivity contribution is -0.151. The molecule has 7 heteroatoms. The summed E-state index contributed by atoms with van der Waals surface area (Å²) < 4.78 is 10.0. The summed E-state index contributed by atoms with van der Waals surface area (Å²) in [6.07, 6.45) is 1.31. The molecule has 0 radical (unpaired) electrons. The maximum Gasteiger partial charge on any atom is 0.407 e. The van der Waals surface area contributed by atoms with Crippen LogP contribution in [-0.2, 0) is 14.3 Å². The fourth-order valence-corrected chi connectivity index (χ4v) is 2.52. The third-order valence-electron chi connectivity index (χ3n) is 3.64. The summed E-state index contributed by atoms with van der Waals surface area (Å²) in [4.78, 5) is 23.6. The summed E-state index contributed by atoms with van der Waals surface area (Å²) in [5.74, 6) is -0.323. The molecule has 0 saturated heterocycles. The van der Waals surface area contributed by atoms with E-state index in [1.807, 2.05) is 0 Å². The molecule has 7 nitrogen and oxygen atoms in total. The predicted molar refractivity (Wildman–Crippen MR) is 81.5 cm³/mol. The number of alkyl carbamates (subject to hydrolysis) is 1. The highest BCUT2D eigenvalue weighted by Crippen LogP contribution is 2.29. The van der Waals surface area contributed by atoms with Gasteiger partial charge in [-0.2, -0.15) is 0 Å². The van der Waals surface area contributed by atoms with Crippen molar-refractivity contribution in [2.24, 2.45) is 0 Å². The van der Waals surface area contributed by atoms with E-state index >= 15 is 0 Å². The van der Waals surface area contributed by atoms with Crippen LogP contribution in [-0.4, -0.2) is 54.6 Å². The van der Waals surface area contributed by atoms with E-state index in [9.17, 15) is 14.7 Å². The van der Waals surface area contributed by atoms with Gasteiger partial charge in [-0.15, -0.1) is 0 Å². The quantitative estimate of drug-likeness (QED) is 0.516. The molecular weight excluding hydrogens is 288 g/mol. The Bertz CT molecular complexity index is 384. The highest BCUT2D eigenvalue weighted by molar-refractivity contribution is 5.81. The van der Waals surface area contributed by atoms with Crippen molar-refractivity contribution in [3.05, 3.63) is 0 Å². The number of esters is 1. The molecule has 0 aromatic heterocycles. The first-order valence-corrected chi connectivity index (χ1v) is 7.67. The van der Waals surface area contributed by atoms with Gasteiger partial charge in [0.1, 0.15) is 11.1 Å². The molecule has 1 amide bonds. The van der Waals surface area contributed by atoms with E-state index in [1.54, 1.807) is 20.8 Å². The minimum atomic E-state index is -0.774. The molecule has 0 atom stereocenters. The molecule has 0 aromatic carbocycles. The molecule has 1 saturated carbocycles. The molecular formula is C15H28N2O5. The number of amides is 1. The zero-order valence-electron chi connectivity index (χ0n) is 13.9. The lowest BCUT2D eigenvalue weighted by atomic mass is 9.80. The molecule has 1 aliphatic carbocycles. The average molecular weight is 316 g/mol.